The number of carbonyl (C=O) groups excluding carboxylic acids is 3. The van der Waals surface area contributed by atoms with Crippen molar-refractivity contribution in [3.05, 3.63) is 92.2 Å². The van der Waals surface area contributed by atoms with Crippen LogP contribution in [0.5, 0.6) is 11.5 Å². The van der Waals surface area contributed by atoms with Crippen LogP contribution >= 0.6 is 22.6 Å². The smallest absolute Gasteiger partial charge is 0.329 e. The Morgan fingerprint density at radius 2 is 1.79 bits per heavy atom. The Morgan fingerprint density at radius 1 is 1.03 bits per heavy atom. The fourth-order valence-corrected chi connectivity index (χ4v) is 4.68. The molecule has 0 atom stereocenters. The lowest BCUT2D eigenvalue weighted by Crippen LogP contribution is -2.38. The second-order valence-corrected chi connectivity index (χ2v) is 10.00. The van der Waals surface area contributed by atoms with E-state index in [1.807, 2.05) is 57.2 Å². The van der Waals surface area contributed by atoms with Gasteiger partial charge in [0.15, 0.2) is 11.5 Å². The van der Waals surface area contributed by atoms with E-state index in [0.717, 1.165) is 25.2 Å². The summed E-state index contributed by atoms with van der Waals surface area (Å²) in [7, 11) is 0. The first kappa shape index (κ1) is 27.2. The second kappa shape index (κ2) is 12.1. The van der Waals surface area contributed by atoms with Gasteiger partial charge in [0.25, 0.3) is 5.91 Å². The number of benzene rings is 3. The molecule has 3 aromatic carbocycles. The van der Waals surface area contributed by atoms with E-state index in [1.165, 1.54) is 0 Å². The molecule has 8 nitrogen and oxygen atoms in total. The number of amides is 4. The van der Waals surface area contributed by atoms with Gasteiger partial charge in [-0.3, -0.25) is 9.59 Å². The third kappa shape index (κ3) is 6.71. The molecule has 1 saturated heterocycles. The van der Waals surface area contributed by atoms with Crippen molar-refractivity contribution in [1.82, 2.24) is 10.2 Å². The Kier molecular flexibility index (Phi) is 8.67. The fraction of sp³-hybridized carbons (Fsp3) is 0.207. The highest BCUT2D eigenvalue weighted by Crippen LogP contribution is 2.35. The maximum atomic E-state index is 12.9. The zero-order valence-electron chi connectivity index (χ0n) is 21.3. The highest BCUT2D eigenvalue weighted by atomic mass is 127. The molecule has 0 unspecified atom stereocenters. The monoisotopic (exact) mass is 625 g/mol. The molecule has 9 heteroatoms. The third-order valence-electron chi connectivity index (χ3n) is 5.71. The number of nitrogens with one attached hydrogen (secondary N) is 2. The molecule has 0 bridgehead atoms. The zero-order valence-corrected chi connectivity index (χ0v) is 23.5. The summed E-state index contributed by atoms with van der Waals surface area (Å²) >= 11 is 2.16. The summed E-state index contributed by atoms with van der Waals surface area (Å²) in [5, 5.41) is 5.26. The Bertz CT molecular complexity index is 1400. The van der Waals surface area contributed by atoms with Gasteiger partial charge < -0.3 is 20.1 Å². The number of nitrogens with zero attached hydrogens (tertiary/aromatic N) is 1. The van der Waals surface area contributed by atoms with Crippen LogP contribution in [0.1, 0.15) is 29.2 Å². The molecule has 0 spiro atoms. The van der Waals surface area contributed by atoms with Crippen LogP contribution in [0.3, 0.4) is 0 Å². The Balaban J connectivity index is 1.48. The van der Waals surface area contributed by atoms with Crippen molar-refractivity contribution in [2.75, 3.05) is 18.5 Å². The largest absolute Gasteiger partial charge is 0.490 e. The minimum atomic E-state index is -0.654. The number of halogens is 1. The molecule has 4 rings (SSSR count). The van der Waals surface area contributed by atoms with Crippen molar-refractivity contribution < 1.29 is 23.9 Å². The lowest BCUT2D eigenvalue weighted by molar-refractivity contribution is -0.127. The first-order valence-electron chi connectivity index (χ1n) is 12.1. The van der Waals surface area contributed by atoms with Crippen molar-refractivity contribution in [1.29, 1.82) is 0 Å². The van der Waals surface area contributed by atoms with Crippen LogP contribution < -0.4 is 20.1 Å². The number of imide groups is 1. The highest BCUT2D eigenvalue weighted by Gasteiger charge is 2.35. The molecule has 0 aromatic heterocycles. The van der Waals surface area contributed by atoms with E-state index in [-0.39, 0.29) is 5.70 Å². The number of aryl methyl sites for hydroxylation is 2. The fourth-order valence-electron chi connectivity index (χ4n) is 3.89. The molecule has 4 amide bonds. The number of carbonyl (C=O) groups is 3. The summed E-state index contributed by atoms with van der Waals surface area (Å²) in [6.45, 7) is 6.26. The van der Waals surface area contributed by atoms with E-state index in [2.05, 4.69) is 39.3 Å². The normalized spacial score (nSPS) is 14.0. The van der Waals surface area contributed by atoms with E-state index in [1.54, 1.807) is 24.3 Å². The highest BCUT2D eigenvalue weighted by molar-refractivity contribution is 14.1. The lowest BCUT2D eigenvalue weighted by atomic mass is 10.1. The lowest BCUT2D eigenvalue weighted by Gasteiger charge is -2.15. The van der Waals surface area contributed by atoms with Crippen LogP contribution in [-0.2, 0) is 16.2 Å². The standard InChI is InChI=1S/C29H28IN3O5/c1-4-37-25-15-21(13-23(30)27(25)38-17-20-7-5-6-19(3)12-20)14-24-28(35)33(29(36)32-24)16-26(34)31-22-10-8-18(2)9-11-22/h5-15H,4,16-17H2,1-3H3,(H,31,34)(H,32,36)/b24-14+. The first-order valence-corrected chi connectivity index (χ1v) is 13.2. The summed E-state index contributed by atoms with van der Waals surface area (Å²) in [4.78, 5) is 38.8. The molecule has 3 aromatic rings. The van der Waals surface area contributed by atoms with Gasteiger partial charge in [-0.15, -0.1) is 0 Å². The van der Waals surface area contributed by atoms with Gasteiger partial charge in [0.2, 0.25) is 5.91 Å². The van der Waals surface area contributed by atoms with E-state index in [9.17, 15) is 14.4 Å². The first-order chi connectivity index (χ1) is 18.2. The SMILES string of the molecule is CCOc1cc(/C=C2/NC(=O)N(CC(=O)Nc3ccc(C)cc3)C2=O)cc(I)c1OCc1cccc(C)c1. The Hall–Kier alpha value is -3.86. The molecule has 196 valence electrons. The summed E-state index contributed by atoms with van der Waals surface area (Å²) in [5.74, 6) is 0.0843. The van der Waals surface area contributed by atoms with Crippen molar-refractivity contribution in [2.45, 2.75) is 27.4 Å². The summed E-state index contributed by atoms with van der Waals surface area (Å²) in [6, 6.07) is 18.3. The molecule has 1 aliphatic heterocycles. The average molecular weight is 625 g/mol. The van der Waals surface area contributed by atoms with Crippen LogP contribution in [0.25, 0.3) is 6.08 Å². The molecule has 0 saturated carbocycles. The van der Waals surface area contributed by atoms with E-state index in [4.69, 9.17) is 9.47 Å². The van der Waals surface area contributed by atoms with Crippen molar-refractivity contribution in [3.8, 4) is 11.5 Å². The predicted molar refractivity (Wildman–Crippen MR) is 154 cm³/mol. The molecule has 2 N–H and O–H groups in total. The van der Waals surface area contributed by atoms with Gasteiger partial charge in [-0.05, 0) is 84.8 Å². The van der Waals surface area contributed by atoms with Crippen LogP contribution in [0.4, 0.5) is 10.5 Å². The van der Waals surface area contributed by atoms with Gasteiger partial charge in [-0.25, -0.2) is 9.69 Å². The molecule has 0 aliphatic carbocycles. The summed E-state index contributed by atoms with van der Waals surface area (Å²) in [6.07, 6.45) is 1.56. The molecule has 1 aliphatic rings. The van der Waals surface area contributed by atoms with Gasteiger partial charge in [-0.2, -0.15) is 0 Å². The number of urea groups is 1. The van der Waals surface area contributed by atoms with Crippen molar-refractivity contribution in [2.24, 2.45) is 0 Å². The van der Waals surface area contributed by atoms with Crippen LogP contribution in [0, 0.1) is 17.4 Å². The number of anilines is 1. The third-order valence-corrected chi connectivity index (χ3v) is 6.51. The van der Waals surface area contributed by atoms with E-state index in [0.29, 0.717) is 36.0 Å². The quantitative estimate of drug-likeness (QED) is 0.188. The zero-order chi connectivity index (χ0) is 27.2. The van der Waals surface area contributed by atoms with Gasteiger partial charge in [-0.1, -0.05) is 47.5 Å². The summed E-state index contributed by atoms with van der Waals surface area (Å²) < 4.78 is 12.7. The Labute approximate surface area is 235 Å². The van der Waals surface area contributed by atoms with E-state index < -0.39 is 24.4 Å². The number of rotatable bonds is 9. The van der Waals surface area contributed by atoms with Gasteiger partial charge >= 0.3 is 6.03 Å². The number of ether oxygens (including phenoxy) is 2. The molecule has 1 fully saturated rings. The minimum Gasteiger partial charge on any atom is -0.490 e. The maximum absolute atomic E-state index is 12.9. The number of hydrogen-bond donors (Lipinski definition) is 2. The van der Waals surface area contributed by atoms with Gasteiger partial charge in [0.1, 0.15) is 18.8 Å². The van der Waals surface area contributed by atoms with Crippen molar-refractivity contribution in [3.63, 3.8) is 0 Å². The second-order valence-electron chi connectivity index (χ2n) is 8.83. The molecule has 38 heavy (non-hydrogen) atoms. The van der Waals surface area contributed by atoms with E-state index >= 15 is 0 Å². The minimum absolute atomic E-state index is 0.0739. The van der Waals surface area contributed by atoms with Crippen LogP contribution in [0.2, 0.25) is 0 Å². The summed E-state index contributed by atoms with van der Waals surface area (Å²) in [5.41, 5.74) is 4.56. The number of hydrogen-bond acceptors (Lipinski definition) is 5. The molecular weight excluding hydrogens is 597 g/mol. The maximum Gasteiger partial charge on any atom is 0.329 e. The van der Waals surface area contributed by atoms with Gasteiger partial charge in [0.05, 0.1) is 10.2 Å². The van der Waals surface area contributed by atoms with Gasteiger partial charge in [0, 0.05) is 5.69 Å². The molecule has 0 radical (unpaired) electrons. The molecule has 1 heterocycles. The Morgan fingerprint density at radius 3 is 2.50 bits per heavy atom. The predicted octanol–water partition coefficient (Wildman–Crippen LogP) is 5.42. The topological polar surface area (TPSA) is 97.0 Å². The van der Waals surface area contributed by atoms with Crippen LogP contribution in [0.15, 0.2) is 66.4 Å². The van der Waals surface area contributed by atoms with Crippen LogP contribution in [-0.4, -0.2) is 35.9 Å². The van der Waals surface area contributed by atoms with Crippen molar-refractivity contribution >= 4 is 52.2 Å². The molecular formula is C29H28IN3O5. The average Bonchev–Trinajstić information content (AvgIpc) is 3.12.